The number of amides is 1. The summed E-state index contributed by atoms with van der Waals surface area (Å²) in [4.78, 5) is 32.3. The molecule has 0 bridgehead atoms. The molecule has 0 aliphatic rings. The molecular formula is C20H19ClN2O3S3. The molecule has 0 radical (unpaired) electrons. The predicted octanol–water partition coefficient (Wildman–Crippen LogP) is 5.27. The van der Waals surface area contributed by atoms with E-state index in [1.54, 1.807) is 48.3 Å². The number of carbonyl (C=O) groups excluding carboxylic acids is 2. The number of halogens is 1. The summed E-state index contributed by atoms with van der Waals surface area (Å²) >= 11 is 10.6. The van der Waals surface area contributed by atoms with E-state index in [0.29, 0.717) is 16.4 Å². The van der Waals surface area contributed by atoms with Gasteiger partial charge < -0.3 is 9.64 Å². The van der Waals surface area contributed by atoms with Gasteiger partial charge in [-0.3, -0.25) is 4.79 Å². The zero-order valence-corrected chi connectivity index (χ0v) is 19.1. The molecule has 5 nitrogen and oxygen atoms in total. The third-order valence-electron chi connectivity index (χ3n) is 3.92. The Bertz CT molecular complexity index is 985. The van der Waals surface area contributed by atoms with Crippen molar-refractivity contribution >= 4 is 57.9 Å². The van der Waals surface area contributed by atoms with Gasteiger partial charge in [-0.25, -0.2) is 9.78 Å². The van der Waals surface area contributed by atoms with Gasteiger partial charge in [0, 0.05) is 28.0 Å². The number of benzene rings is 1. The number of nitrogens with zero attached hydrogens (tertiary/aromatic N) is 2. The van der Waals surface area contributed by atoms with E-state index < -0.39 is 5.97 Å². The standard InChI is InChI=1S/C20H19ClN2O3S3/c1-13-22-15(11-27-13)12-28-16-5-3-14(4-6-16)20(25)26-10-19(24)23(2)9-17-7-8-18(21)29-17/h3-8,11H,9-10,12H2,1-2H3. The number of rotatable bonds is 8. The topological polar surface area (TPSA) is 59.5 Å². The fourth-order valence-electron chi connectivity index (χ4n) is 2.40. The van der Waals surface area contributed by atoms with Gasteiger partial charge in [-0.15, -0.1) is 34.4 Å². The first-order chi connectivity index (χ1) is 13.9. The number of aryl methyl sites for hydroxylation is 1. The van der Waals surface area contributed by atoms with Crippen molar-refractivity contribution in [2.45, 2.75) is 24.1 Å². The second-order valence-electron chi connectivity index (χ2n) is 6.20. The van der Waals surface area contributed by atoms with Crippen molar-refractivity contribution in [1.29, 1.82) is 0 Å². The molecule has 0 atom stereocenters. The maximum absolute atomic E-state index is 12.2. The Balaban J connectivity index is 1.45. The van der Waals surface area contributed by atoms with Crippen molar-refractivity contribution in [3.8, 4) is 0 Å². The zero-order valence-electron chi connectivity index (χ0n) is 15.9. The molecule has 9 heteroatoms. The lowest BCUT2D eigenvalue weighted by atomic mass is 10.2. The van der Waals surface area contributed by atoms with E-state index in [1.807, 2.05) is 25.1 Å². The number of ether oxygens (including phenoxy) is 1. The van der Waals surface area contributed by atoms with E-state index in [-0.39, 0.29) is 12.5 Å². The number of hydrogen-bond donors (Lipinski definition) is 0. The summed E-state index contributed by atoms with van der Waals surface area (Å²) in [6.07, 6.45) is 0. The summed E-state index contributed by atoms with van der Waals surface area (Å²) < 4.78 is 5.83. The van der Waals surface area contributed by atoms with Crippen molar-refractivity contribution < 1.29 is 14.3 Å². The van der Waals surface area contributed by atoms with E-state index in [0.717, 1.165) is 26.2 Å². The molecular weight excluding hydrogens is 448 g/mol. The number of aromatic nitrogens is 1. The monoisotopic (exact) mass is 466 g/mol. The van der Waals surface area contributed by atoms with Gasteiger partial charge in [-0.2, -0.15) is 0 Å². The molecule has 0 aliphatic carbocycles. The normalized spacial score (nSPS) is 10.7. The van der Waals surface area contributed by atoms with Crippen molar-refractivity contribution in [3.05, 3.63) is 67.3 Å². The van der Waals surface area contributed by atoms with Gasteiger partial charge in [0.05, 0.1) is 27.1 Å². The summed E-state index contributed by atoms with van der Waals surface area (Å²) in [7, 11) is 1.67. The van der Waals surface area contributed by atoms with Gasteiger partial charge in [0.2, 0.25) is 0 Å². The number of carbonyl (C=O) groups is 2. The number of esters is 1. The zero-order chi connectivity index (χ0) is 20.8. The van der Waals surface area contributed by atoms with Crippen molar-refractivity contribution in [2.24, 2.45) is 0 Å². The van der Waals surface area contributed by atoms with Crippen LogP contribution in [0.5, 0.6) is 0 Å². The number of hydrogen-bond acceptors (Lipinski definition) is 7. The lowest BCUT2D eigenvalue weighted by Gasteiger charge is -2.16. The Morgan fingerprint density at radius 1 is 1.21 bits per heavy atom. The van der Waals surface area contributed by atoms with E-state index in [2.05, 4.69) is 10.4 Å². The minimum absolute atomic E-state index is 0.270. The Hall–Kier alpha value is -1.87. The summed E-state index contributed by atoms with van der Waals surface area (Å²) in [5, 5.41) is 3.10. The van der Waals surface area contributed by atoms with Crippen LogP contribution in [-0.4, -0.2) is 35.4 Å². The van der Waals surface area contributed by atoms with Crippen LogP contribution in [0.25, 0.3) is 0 Å². The van der Waals surface area contributed by atoms with Gasteiger partial charge in [0.15, 0.2) is 6.61 Å². The molecule has 1 amide bonds. The maximum atomic E-state index is 12.2. The van der Waals surface area contributed by atoms with Crippen LogP contribution in [0, 0.1) is 6.92 Å². The average molecular weight is 467 g/mol. The SMILES string of the molecule is Cc1nc(CSc2ccc(C(=O)OCC(=O)N(C)Cc3ccc(Cl)s3)cc2)cs1. The molecule has 1 aromatic carbocycles. The predicted molar refractivity (Wildman–Crippen MR) is 119 cm³/mol. The highest BCUT2D eigenvalue weighted by Crippen LogP contribution is 2.24. The van der Waals surface area contributed by atoms with Gasteiger partial charge in [0.25, 0.3) is 5.91 Å². The van der Waals surface area contributed by atoms with Crippen LogP contribution in [0.15, 0.2) is 46.7 Å². The van der Waals surface area contributed by atoms with Crippen LogP contribution < -0.4 is 0 Å². The third kappa shape index (κ3) is 6.57. The van der Waals surface area contributed by atoms with Gasteiger partial charge in [0.1, 0.15) is 0 Å². The fraction of sp³-hybridized carbons (Fsp3) is 0.250. The molecule has 0 unspecified atom stereocenters. The molecule has 29 heavy (non-hydrogen) atoms. The Morgan fingerprint density at radius 2 is 1.97 bits per heavy atom. The second kappa shape index (κ2) is 10.2. The van der Waals surface area contributed by atoms with Crippen LogP contribution in [0.1, 0.15) is 25.9 Å². The largest absolute Gasteiger partial charge is 0.452 e. The van der Waals surface area contributed by atoms with Crippen LogP contribution in [0.2, 0.25) is 4.34 Å². The van der Waals surface area contributed by atoms with Crippen LogP contribution in [0.4, 0.5) is 0 Å². The highest BCUT2D eigenvalue weighted by molar-refractivity contribution is 7.98. The van der Waals surface area contributed by atoms with E-state index in [4.69, 9.17) is 16.3 Å². The van der Waals surface area contributed by atoms with Crippen LogP contribution in [-0.2, 0) is 21.8 Å². The smallest absolute Gasteiger partial charge is 0.338 e. The average Bonchev–Trinajstić information content (AvgIpc) is 3.32. The summed E-state index contributed by atoms with van der Waals surface area (Å²) in [5.41, 5.74) is 1.47. The molecule has 0 spiro atoms. The molecule has 0 saturated carbocycles. The van der Waals surface area contributed by atoms with Crippen molar-refractivity contribution in [1.82, 2.24) is 9.88 Å². The summed E-state index contributed by atoms with van der Waals surface area (Å²) in [6, 6.07) is 10.8. The van der Waals surface area contributed by atoms with Crippen molar-refractivity contribution in [3.63, 3.8) is 0 Å². The molecule has 2 heterocycles. The minimum atomic E-state index is -0.516. The molecule has 0 aliphatic heterocycles. The first-order valence-electron chi connectivity index (χ1n) is 8.70. The maximum Gasteiger partial charge on any atom is 0.338 e. The fourth-order valence-corrected chi connectivity index (χ4v) is 5.05. The highest BCUT2D eigenvalue weighted by atomic mass is 35.5. The lowest BCUT2D eigenvalue weighted by Crippen LogP contribution is -2.30. The van der Waals surface area contributed by atoms with Crippen LogP contribution >= 0.6 is 46.0 Å². The number of likely N-dealkylation sites (N-methyl/N-ethyl adjacent to an activating group) is 1. The Morgan fingerprint density at radius 3 is 2.59 bits per heavy atom. The third-order valence-corrected chi connectivity index (χ3v) is 7.00. The molecule has 0 saturated heterocycles. The summed E-state index contributed by atoms with van der Waals surface area (Å²) in [6.45, 7) is 2.12. The number of thiophene rings is 1. The molecule has 2 aromatic heterocycles. The van der Waals surface area contributed by atoms with Gasteiger partial charge in [-0.05, 0) is 43.3 Å². The second-order valence-corrected chi connectivity index (χ2v) is 10.1. The highest BCUT2D eigenvalue weighted by Gasteiger charge is 2.14. The van der Waals surface area contributed by atoms with Crippen LogP contribution in [0.3, 0.4) is 0 Å². The van der Waals surface area contributed by atoms with Gasteiger partial charge in [-0.1, -0.05) is 11.6 Å². The van der Waals surface area contributed by atoms with Crippen molar-refractivity contribution in [2.75, 3.05) is 13.7 Å². The quantitative estimate of drug-likeness (QED) is 0.334. The molecule has 152 valence electrons. The molecule has 0 fully saturated rings. The first-order valence-corrected chi connectivity index (χ1v) is 11.8. The molecule has 0 N–H and O–H groups in total. The molecule has 3 aromatic rings. The van der Waals surface area contributed by atoms with E-state index in [9.17, 15) is 9.59 Å². The minimum Gasteiger partial charge on any atom is -0.452 e. The summed E-state index contributed by atoms with van der Waals surface area (Å²) in [5.74, 6) is -0.00376. The first kappa shape index (κ1) is 21.8. The number of thiazole rings is 1. The Kier molecular flexibility index (Phi) is 7.71. The molecule has 3 rings (SSSR count). The Labute approximate surface area is 186 Å². The number of thioether (sulfide) groups is 1. The van der Waals surface area contributed by atoms with E-state index >= 15 is 0 Å². The lowest BCUT2D eigenvalue weighted by molar-refractivity contribution is -0.133. The van der Waals surface area contributed by atoms with E-state index in [1.165, 1.54) is 16.2 Å². The van der Waals surface area contributed by atoms with Gasteiger partial charge >= 0.3 is 5.97 Å².